The number of nitrogen functional groups attached to an aromatic ring is 1. The number of aromatic nitrogens is 8. The Morgan fingerprint density at radius 2 is 0.889 bits per heavy atom. The zero-order valence-corrected chi connectivity index (χ0v) is 41.7. The predicted octanol–water partition coefficient (Wildman–Crippen LogP) is 5.47. The topological polar surface area (TPSA) is 261 Å². The van der Waals surface area contributed by atoms with E-state index in [4.69, 9.17) is 39.4 Å². The van der Waals surface area contributed by atoms with Gasteiger partial charge in [0.1, 0.15) is 12.7 Å². The van der Waals surface area contributed by atoms with E-state index < -0.39 is 10.3 Å². The molecule has 10 rings (SSSR count). The second-order valence-electron chi connectivity index (χ2n) is 17.4. The van der Waals surface area contributed by atoms with Gasteiger partial charge >= 0.3 is 10.3 Å². The van der Waals surface area contributed by atoms with Crippen LogP contribution >= 0.6 is 0 Å². The van der Waals surface area contributed by atoms with Crippen molar-refractivity contribution in [2.24, 2.45) is 10.9 Å². The molecule has 4 aromatic carbocycles. The Kier molecular flexibility index (Phi) is 19.4. The van der Waals surface area contributed by atoms with Crippen LogP contribution in [0.15, 0.2) is 134 Å². The molecule has 0 amide bonds. The number of nitrogens with two attached hydrogens (primary N) is 3. The monoisotopic (exact) mass is 993 g/mol. The molecule has 20 heteroatoms. The summed E-state index contributed by atoms with van der Waals surface area (Å²) < 4.78 is 25.2. The minimum Gasteiger partial charge on any atom is -0.382 e. The summed E-state index contributed by atoms with van der Waals surface area (Å²) in [5.74, 6) is 1.07. The lowest BCUT2D eigenvalue weighted by Gasteiger charge is -2.32. The Hall–Kier alpha value is -7.01. The number of hydrogen-bond donors (Lipinski definition) is 5. The Morgan fingerprint density at radius 1 is 0.528 bits per heavy atom. The molecule has 2 aliphatic rings. The molecule has 2 fully saturated rings. The van der Waals surface area contributed by atoms with Crippen LogP contribution in [0.25, 0.3) is 67.4 Å². The molecule has 0 radical (unpaired) electrons. The average molecular weight is 993 g/mol. The van der Waals surface area contributed by atoms with Crippen LogP contribution in [0.3, 0.4) is 0 Å². The van der Waals surface area contributed by atoms with Crippen LogP contribution in [0.4, 0.5) is 11.6 Å². The van der Waals surface area contributed by atoms with E-state index in [9.17, 15) is 0 Å². The largest absolute Gasteiger partial charge is 0.382 e. The molecule has 4 aromatic heterocycles. The van der Waals surface area contributed by atoms with Gasteiger partial charge in [0, 0.05) is 81.2 Å². The first kappa shape index (κ1) is 52.8. The van der Waals surface area contributed by atoms with Crippen molar-refractivity contribution in [3.63, 3.8) is 0 Å². The van der Waals surface area contributed by atoms with Gasteiger partial charge in [-0.15, -0.1) is 0 Å². The summed E-state index contributed by atoms with van der Waals surface area (Å²) in [4.78, 5) is 46.3. The maximum absolute atomic E-state index is 8.97. The minimum absolute atomic E-state index is 0.333. The molecular weight excluding hydrogens is 929 g/mol. The van der Waals surface area contributed by atoms with E-state index in [2.05, 4.69) is 93.3 Å². The smallest absolute Gasteiger partial charge is 0.330 e. The Labute approximate surface area is 421 Å². The Balaban J connectivity index is 0.000000168. The van der Waals surface area contributed by atoms with Gasteiger partial charge in [0.05, 0.1) is 22.8 Å². The lowest BCUT2D eigenvalue weighted by Crippen LogP contribution is -2.44. The third-order valence-electron chi connectivity index (χ3n) is 12.0. The molecule has 2 aliphatic heterocycles. The lowest BCUT2D eigenvalue weighted by molar-refractivity contribution is 0.153. The molecular formula is C52H64N16O3S. The van der Waals surface area contributed by atoms with Crippen LogP contribution in [-0.2, 0) is 10.3 Å². The molecule has 2 saturated heterocycles. The number of piperazine rings is 2. The number of nitrogens with zero attached hydrogens (tertiary/aromatic N) is 12. The number of benzene rings is 4. The van der Waals surface area contributed by atoms with Gasteiger partial charge in [0.15, 0.2) is 34.0 Å². The summed E-state index contributed by atoms with van der Waals surface area (Å²) in [6.07, 6.45) is 5.17. The van der Waals surface area contributed by atoms with Crippen LogP contribution in [-0.4, -0.2) is 165 Å². The number of nitrogens with one attached hydrogen (secondary N) is 1. The van der Waals surface area contributed by atoms with Crippen molar-refractivity contribution in [3.05, 3.63) is 134 Å². The van der Waals surface area contributed by atoms with Crippen LogP contribution in [0, 0.1) is 0 Å². The van der Waals surface area contributed by atoms with Gasteiger partial charge in [0.25, 0.3) is 0 Å². The van der Waals surface area contributed by atoms with E-state index in [1.54, 1.807) is 6.33 Å². The summed E-state index contributed by atoms with van der Waals surface area (Å²) in [5.41, 5.74) is 20.9. The SMILES string of the molecule is CN1CCN(CCCN)CC1.CN1CCN(CCCNc2ncnc3nc(-c4ccccc4)c(-c4ccccc4)nc23)CC1.NS(=O)(=O)O.Nc1ncnc2nc(-c3ccccc3)c(-c3ccccc3)nc12. The highest BCUT2D eigenvalue weighted by atomic mass is 32.2. The fourth-order valence-corrected chi connectivity index (χ4v) is 8.06. The summed E-state index contributed by atoms with van der Waals surface area (Å²) in [6.45, 7) is 13.4. The molecule has 0 unspecified atom stereocenters. The second-order valence-corrected chi connectivity index (χ2v) is 18.4. The van der Waals surface area contributed by atoms with Gasteiger partial charge in [-0.3, -0.25) is 4.55 Å². The van der Waals surface area contributed by atoms with Crippen LogP contribution < -0.4 is 21.9 Å². The number of likely N-dealkylation sites (N-methyl/N-ethyl adjacent to an activating group) is 2. The van der Waals surface area contributed by atoms with Gasteiger partial charge in [-0.25, -0.2) is 45.0 Å². The molecule has 376 valence electrons. The van der Waals surface area contributed by atoms with E-state index in [0.29, 0.717) is 28.1 Å². The number of fused-ring (bicyclic) bond motifs is 2. The molecule has 0 saturated carbocycles. The first-order valence-electron chi connectivity index (χ1n) is 24.0. The van der Waals surface area contributed by atoms with Gasteiger partial charge in [-0.1, -0.05) is 121 Å². The minimum atomic E-state index is -4.17. The highest BCUT2D eigenvalue weighted by Crippen LogP contribution is 2.33. The second kappa shape index (κ2) is 26.4. The quantitative estimate of drug-likeness (QED) is 0.0751. The summed E-state index contributed by atoms with van der Waals surface area (Å²) in [6, 6.07) is 40.2. The van der Waals surface area contributed by atoms with E-state index in [1.165, 1.54) is 39.1 Å². The molecule has 6 heterocycles. The van der Waals surface area contributed by atoms with Crippen LogP contribution in [0.5, 0.6) is 0 Å². The highest BCUT2D eigenvalue weighted by Gasteiger charge is 2.19. The first-order valence-corrected chi connectivity index (χ1v) is 25.5. The van der Waals surface area contributed by atoms with Crippen molar-refractivity contribution >= 4 is 44.3 Å². The first-order chi connectivity index (χ1) is 34.9. The molecule has 0 atom stereocenters. The van der Waals surface area contributed by atoms with E-state index in [0.717, 1.165) is 110 Å². The Bertz CT molecular complexity index is 3010. The van der Waals surface area contributed by atoms with Crippen LogP contribution in [0.2, 0.25) is 0 Å². The maximum Gasteiger partial charge on any atom is 0.330 e. The van der Waals surface area contributed by atoms with Gasteiger partial charge in [-0.2, -0.15) is 8.42 Å². The molecule has 0 aliphatic carbocycles. The van der Waals surface area contributed by atoms with Crippen molar-refractivity contribution < 1.29 is 13.0 Å². The van der Waals surface area contributed by atoms with Crippen molar-refractivity contribution in [2.45, 2.75) is 12.8 Å². The Morgan fingerprint density at radius 3 is 1.31 bits per heavy atom. The van der Waals surface area contributed by atoms with Gasteiger partial charge in [0.2, 0.25) is 0 Å². The lowest BCUT2D eigenvalue weighted by atomic mass is 10.0. The molecule has 0 spiro atoms. The average Bonchev–Trinajstić information content (AvgIpc) is 3.40. The van der Waals surface area contributed by atoms with Crippen molar-refractivity contribution in [3.8, 4) is 45.0 Å². The van der Waals surface area contributed by atoms with Crippen molar-refractivity contribution in [1.29, 1.82) is 0 Å². The summed E-state index contributed by atoms with van der Waals surface area (Å²) in [5, 5.41) is 7.37. The molecule has 8 aromatic rings. The predicted molar refractivity (Wildman–Crippen MR) is 287 cm³/mol. The maximum atomic E-state index is 8.97. The fourth-order valence-electron chi connectivity index (χ4n) is 8.06. The summed E-state index contributed by atoms with van der Waals surface area (Å²) in [7, 11) is 0.202. The molecule has 0 bridgehead atoms. The van der Waals surface area contributed by atoms with Crippen molar-refractivity contribution in [2.75, 3.05) is 104 Å². The molecule has 19 nitrogen and oxygen atoms in total. The number of hydrogen-bond acceptors (Lipinski definition) is 17. The standard InChI is InChI=1S/C26H29N7.C18H13N5.C8H19N3.H3NO3S/c1-32-15-17-33(18-16-32)14-8-13-27-25-24-26(29-19-28-25)31-23(21-11-6-3-7-12-21)22(30-24)20-9-4-2-5-10-20;19-17-16-18(21-11-20-17)23-15(13-9-5-2-6-10-13)14(22-16)12-7-3-1-4-8-12;1-10-5-7-11(8-6-10)4-2-3-9;1-5(2,3)4/h2-7,9-12,19H,8,13-18H2,1H3,(H,27,28,29,31);1-11H,(H2,19,20,21,23);2-9H2,1H3;(H3,1,2,3,4). The number of anilines is 2. The van der Waals surface area contributed by atoms with Gasteiger partial charge < -0.3 is 36.4 Å². The molecule has 72 heavy (non-hydrogen) atoms. The molecule has 8 N–H and O–H groups in total. The van der Waals surface area contributed by atoms with Crippen LogP contribution in [0.1, 0.15) is 12.8 Å². The third-order valence-corrected chi connectivity index (χ3v) is 12.0. The summed E-state index contributed by atoms with van der Waals surface area (Å²) >= 11 is 0. The van der Waals surface area contributed by atoms with E-state index in [1.807, 2.05) is 97.1 Å². The van der Waals surface area contributed by atoms with Crippen molar-refractivity contribution in [1.82, 2.24) is 59.5 Å². The normalized spacial score (nSPS) is 14.6. The zero-order valence-electron chi connectivity index (χ0n) is 40.9. The zero-order chi connectivity index (χ0) is 50.7. The van der Waals surface area contributed by atoms with Gasteiger partial charge in [-0.05, 0) is 46.6 Å². The highest BCUT2D eigenvalue weighted by molar-refractivity contribution is 7.83. The third kappa shape index (κ3) is 15.7. The van der Waals surface area contributed by atoms with E-state index in [-0.39, 0.29) is 0 Å². The number of rotatable bonds is 12. The van der Waals surface area contributed by atoms with E-state index >= 15 is 0 Å². The fraction of sp³-hybridized carbons (Fsp3) is 0.308.